The minimum Gasteiger partial charge on any atom is -0.379 e. The fraction of sp³-hybridized carbons (Fsp3) is 0.650. The van der Waals surface area contributed by atoms with Gasteiger partial charge in [0.05, 0.1) is 13.2 Å². The van der Waals surface area contributed by atoms with Gasteiger partial charge in [-0.2, -0.15) is 0 Å². The number of ether oxygens (including phenoxy) is 1. The molecule has 144 valence electrons. The van der Waals surface area contributed by atoms with Crippen molar-refractivity contribution < 1.29 is 9.53 Å². The number of thioether (sulfide) groups is 1. The van der Waals surface area contributed by atoms with Crippen LogP contribution in [0.1, 0.15) is 26.7 Å². The van der Waals surface area contributed by atoms with Crippen molar-refractivity contribution >= 4 is 23.5 Å². The zero-order valence-electron chi connectivity index (χ0n) is 15.9. The summed E-state index contributed by atoms with van der Waals surface area (Å²) < 4.78 is 5.46. The van der Waals surface area contributed by atoms with Crippen LogP contribution in [0, 0.1) is 5.92 Å². The summed E-state index contributed by atoms with van der Waals surface area (Å²) in [4.78, 5) is 18.3. The Morgan fingerprint density at radius 3 is 2.46 bits per heavy atom. The summed E-state index contributed by atoms with van der Waals surface area (Å²) in [5.74, 6) is 1.73. The van der Waals surface area contributed by atoms with E-state index in [0.717, 1.165) is 63.7 Å². The summed E-state index contributed by atoms with van der Waals surface area (Å²) in [7, 11) is 0. The molecule has 6 heteroatoms. The van der Waals surface area contributed by atoms with Crippen molar-refractivity contribution in [3.63, 3.8) is 0 Å². The number of urea groups is 1. The molecule has 2 aliphatic rings. The van der Waals surface area contributed by atoms with Crippen molar-refractivity contribution in [1.29, 1.82) is 0 Å². The number of carbonyl (C=O) groups excluding carboxylic acids is 1. The van der Waals surface area contributed by atoms with E-state index < -0.39 is 0 Å². The van der Waals surface area contributed by atoms with Gasteiger partial charge in [0.1, 0.15) is 0 Å². The Morgan fingerprint density at radius 1 is 1.19 bits per heavy atom. The molecule has 0 saturated carbocycles. The van der Waals surface area contributed by atoms with Crippen molar-refractivity contribution in [2.75, 3.05) is 50.5 Å². The van der Waals surface area contributed by atoms with E-state index in [9.17, 15) is 4.79 Å². The highest BCUT2D eigenvalue weighted by atomic mass is 32.2. The van der Waals surface area contributed by atoms with Gasteiger partial charge < -0.3 is 15.0 Å². The van der Waals surface area contributed by atoms with Gasteiger partial charge in [-0.05, 0) is 55.7 Å². The molecule has 1 unspecified atom stereocenters. The van der Waals surface area contributed by atoms with E-state index >= 15 is 0 Å². The lowest BCUT2D eigenvalue weighted by Crippen LogP contribution is -2.49. The molecule has 1 aromatic carbocycles. The van der Waals surface area contributed by atoms with Crippen LogP contribution in [0.4, 0.5) is 10.5 Å². The number of likely N-dealkylation sites (tertiary alicyclic amines) is 1. The Hall–Kier alpha value is -1.24. The molecule has 1 aromatic rings. The minimum atomic E-state index is 0.0263. The van der Waals surface area contributed by atoms with Crippen molar-refractivity contribution in [2.24, 2.45) is 5.92 Å². The monoisotopic (exact) mass is 377 g/mol. The smallest absolute Gasteiger partial charge is 0.321 e. The van der Waals surface area contributed by atoms with Crippen LogP contribution in [-0.2, 0) is 4.74 Å². The number of hydrogen-bond donors (Lipinski definition) is 1. The number of benzene rings is 1. The van der Waals surface area contributed by atoms with Crippen LogP contribution in [0.5, 0.6) is 0 Å². The van der Waals surface area contributed by atoms with Crippen molar-refractivity contribution in [2.45, 2.75) is 37.6 Å². The first-order valence-electron chi connectivity index (χ1n) is 9.78. The van der Waals surface area contributed by atoms with E-state index in [1.165, 1.54) is 4.90 Å². The average Bonchev–Trinajstić information content (AvgIpc) is 2.70. The second kappa shape index (κ2) is 9.62. The van der Waals surface area contributed by atoms with Gasteiger partial charge in [0.25, 0.3) is 0 Å². The van der Waals surface area contributed by atoms with E-state index in [0.29, 0.717) is 12.0 Å². The number of hydrogen-bond acceptors (Lipinski definition) is 4. The molecule has 0 aromatic heterocycles. The van der Waals surface area contributed by atoms with E-state index in [4.69, 9.17) is 4.74 Å². The number of rotatable bonds is 5. The Labute approximate surface area is 161 Å². The van der Waals surface area contributed by atoms with Gasteiger partial charge in [-0.1, -0.05) is 6.92 Å². The maximum absolute atomic E-state index is 12.5. The zero-order chi connectivity index (χ0) is 18.4. The van der Waals surface area contributed by atoms with Gasteiger partial charge in [-0.3, -0.25) is 4.90 Å². The summed E-state index contributed by atoms with van der Waals surface area (Å²) in [6, 6.07) is 8.72. The number of piperidine rings is 1. The molecule has 0 aliphatic carbocycles. The third kappa shape index (κ3) is 5.15. The van der Waals surface area contributed by atoms with Gasteiger partial charge in [0.2, 0.25) is 0 Å². The highest BCUT2D eigenvalue weighted by molar-refractivity contribution is 7.99. The van der Waals surface area contributed by atoms with E-state index in [-0.39, 0.29) is 6.03 Å². The summed E-state index contributed by atoms with van der Waals surface area (Å²) in [5, 5.41) is 3.04. The number of morpholine rings is 1. The van der Waals surface area contributed by atoms with Crippen LogP contribution < -0.4 is 5.32 Å². The molecule has 0 radical (unpaired) electrons. The molecule has 3 rings (SSSR count). The number of amides is 2. The van der Waals surface area contributed by atoms with Gasteiger partial charge in [-0.15, -0.1) is 11.8 Å². The molecule has 0 bridgehead atoms. The molecule has 2 amide bonds. The third-order valence-corrected chi connectivity index (χ3v) is 6.44. The number of nitrogens with one attached hydrogen (secondary N) is 1. The molecule has 2 heterocycles. The van der Waals surface area contributed by atoms with Crippen LogP contribution in [-0.4, -0.2) is 67.0 Å². The lowest BCUT2D eigenvalue weighted by Gasteiger charge is -2.40. The molecule has 2 fully saturated rings. The van der Waals surface area contributed by atoms with Crippen LogP contribution >= 0.6 is 11.8 Å². The maximum atomic E-state index is 12.5. The number of nitrogens with zero attached hydrogens (tertiary/aromatic N) is 2. The summed E-state index contributed by atoms with van der Waals surface area (Å²) in [5.41, 5.74) is 0.874. The predicted molar refractivity (Wildman–Crippen MR) is 108 cm³/mol. The second-order valence-electron chi connectivity index (χ2n) is 7.10. The Morgan fingerprint density at radius 2 is 1.85 bits per heavy atom. The highest BCUT2D eigenvalue weighted by Crippen LogP contribution is 2.25. The number of anilines is 1. The van der Waals surface area contributed by atoms with Crippen LogP contribution in [0.25, 0.3) is 0 Å². The Balaban J connectivity index is 1.45. The third-order valence-electron chi connectivity index (χ3n) is 5.55. The largest absolute Gasteiger partial charge is 0.379 e. The van der Waals surface area contributed by atoms with Crippen LogP contribution in [0.2, 0.25) is 0 Å². The van der Waals surface area contributed by atoms with Crippen LogP contribution in [0.3, 0.4) is 0 Å². The van der Waals surface area contributed by atoms with Gasteiger partial charge >= 0.3 is 6.03 Å². The number of carbonyl (C=O) groups is 1. The van der Waals surface area contributed by atoms with Crippen molar-refractivity contribution in [3.8, 4) is 0 Å². The first kappa shape index (κ1) is 19.5. The van der Waals surface area contributed by atoms with E-state index in [1.54, 1.807) is 0 Å². The average molecular weight is 378 g/mol. The summed E-state index contributed by atoms with van der Waals surface area (Å²) >= 11 is 1.81. The van der Waals surface area contributed by atoms with E-state index in [1.807, 2.05) is 28.8 Å². The lowest BCUT2D eigenvalue weighted by atomic mass is 9.89. The Bertz CT molecular complexity index is 567. The van der Waals surface area contributed by atoms with Crippen molar-refractivity contribution in [1.82, 2.24) is 9.80 Å². The van der Waals surface area contributed by atoms with Gasteiger partial charge in [0, 0.05) is 42.8 Å². The van der Waals surface area contributed by atoms with Gasteiger partial charge in [-0.25, -0.2) is 4.79 Å². The molecule has 1 atom stereocenters. The topological polar surface area (TPSA) is 44.8 Å². The maximum Gasteiger partial charge on any atom is 0.321 e. The molecule has 5 nitrogen and oxygen atoms in total. The summed E-state index contributed by atoms with van der Waals surface area (Å²) in [6.45, 7) is 9.93. The fourth-order valence-electron chi connectivity index (χ4n) is 3.87. The van der Waals surface area contributed by atoms with Gasteiger partial charge in [0.15, 0.2) is 0 Å². The molecule has 1 N–H and O–H groups in total. The zero-order valence-corrected chi connectivity index (χ0v) is 16.8. The minimum absolute atomic E-state index is 0.0263. The Kier molecular flexibility index (Phi) is 7.23. The lowest BCUT2D eigenvalue weighted by molar-refractivity contribution is 0.000471. The fourth-order valence-corrected chi connectivity index (χ4v) is 4.53. The predicted octanol–water partition coefficient (Wildman–Crippen LogP) is 3.76. The second-order valence-corrected chi connectivity index (χ2v) is 8.44. The highest BCUT2D eigenvalue weighted by Gasteiger charge is 2.30. The standard InChI is InChI=1S/C20H31N3O2S/c1-3-26-19-6-4-18(5-7-19)21-20(24)23-10-8-17(9-11-23)16(2)22-12-14-25-15-13-22/h4-7,16-17H,3,8-15H2,1-2H3,(H,21,24). The molecular weight excluding hydrogens is 346 g/mol. The van der Waals surface area contributed by atoms with Crippen molar-refractivity contribution in [3.05, 3.63) is 24.3 Å². The SMILES string of the molecule is CCSc1ccc(NC(=O)N2CCC(C(C)N3CCOCC3)CC2)cc1. The molecule has 0 spiro atoms. The van der Waals surface area contributed by atoms with Crippen LogP contribution in [0.15, 0.2) is 29.2 Å². The van der Waals surface area contributed by atoms with E-state index in [2.05, 4.69) is 36.2 Å². The normalized spacial score (nSPS) is 20.8. The molecule has 2 saturated heterocycles. The first-order chi connectivity index (χ1) is 12.7. The quantitative estimate of drug-likeness (QED) is 0.794. The molecule has 26 heavy (non-hydrogen) atoms. The summed E-state index contributed by atoms with van der Waals surface area (Å²) in [6.07, 6.45) is 2.16. The molecular formula is C20H31N3O2S. The molecule has 2 aliphatic heterocycles. The first-order valence-corrected chi connectivity index (χ1v) is 10.8.